The van der Waals surface area contributed by atoms with Gasteiger partial charge >= 0.3 is 0 Å². The fourth-order valence-corrected chi connectivity index (χ4v) is 1.15. The van der Waals surface area contributed by atoms with Gasteiger partial charge in [0.1, 0.15) is 0 Å². The number of nitrogens with zero attached hydrogens (tertiary/aromatic N) is 1. The predicted molar refractivity (Wildman–Crippen MR) is 45.9 cm³/mol. The van der Waals surface area contributed by atoms with Crippen LogP contribution in [0, 0.1) is 0 Å². The molecule has 0 spiro atoms. The molecule has 2 aromatic rings. The number of benzene rings is 1. The van der Waals surface area contributed by atoms with Crippen molar-refractivity contribution in [3.05, 3.63) is 48.8 Å². The second-order valence-corrected chi connectivity index (χ2v) is 2.59. The highest BCUT2D eigenvalue weighted by Gasteiger charge is 1.95. The third-order valence-electron chi connectivity index (χ3n) is 1.72. The normalized spacial score (nSPS) is 10.0. The first kappa shape index (κ1) is 6.98. The Hall–Kier alpha value is -1.70. The molecule has 0 unspecified atom stereocenters. The Kier molecular flexibility index (Phi) is 1.59. The molecule has 2 rings (SSSR count). The van der Waals surface area contributed by atoms with Gasteiger partial charge in [-0.1, -0.05) is 6.07 Å². The summed E-state index contributed by atoms with van der Waals surface area (Å²) in [6, 6.07) is 10.7. The Morgan fingerprint density at radius 1 is 1.00 bits per heavy atom. The number of rotatable bonds is 1. The van der Waals surface area contributed by atoms with Gasteiger partial charge in [0.15, 0.2) is 5.75 Å². The highest BCUT2D eigenvalue weighted by Crippen LogP contribution is 2.15. The Morgan fingerprint density at radius 3 is 2.42 bits per heavy atom. The van der Waals surface area contributed by atoms with Gasteiger partial charge in [-0.2, -0.15) is 0 Å². The van der Waals surface area contributed by atoms with Crippen LogP contribution in [0.2, 0.25) is 0 Å². The minimum absolute atomic E-state index is 0.0428. The molecule has 0 aliphatic heterocycles. The SMILES string of the molecule is [O]c1cccc(-n2cccc2)c1. The molecule has 1 aromatic carbocycles. The Bertz CT molecular complexity index is 365. The monoisotopic (exact) mass is 158 g/mol. The van der Waals surface area contributed by atoms with Crippen molar-refractivity contribution in [2.75, 3.05) is 0 Å². The minimum atomic E-state index is 0.0428. The van der Waals surface area contributed by atoms with Crippen LogP contribution in [0.4, 0.5) is 0 Å². The lowest BCUT2D eigenvalue weighted by Gasteiger charge is -2.00. The van der Waals surface area contributed by atoms with Crippen LogP contribution in [-0.4, -0.2) is 4.57 Å². The first-order valence-corrected chi connectivity index (χ1v) is 3.77. The van der Waals surface area contributed by atoms with Crippen molar-refractivity contribution < 1.29 is 5.11 Å². The van der Waals surface area contributed by atoms with Crippen LogP contribution in [0.3, 0.4) is 0 Å². The van der Waals surface area contributed by atoms with Gasteiger partial charge in [0.2, 0.25) is 0 Å². The van der Waals surface area contributed by atoms with Gasteiger partial charge in [-0.15, -0.1) is 0 Å². The molecule has 0 fully saturated rings. The van der Waals surface area contributed by atoms with Crippen molar-refractivity contribution in [2.45, 2.75) is 0 Å². The van der Waals surface area contributed by atoms with Gasteiger partial charge in [-0.05, 0) is 24.3 Å². The zero-order valence-electron chi connectivity index (χ0n) is 6.47. The molecule has 2 heteroatoms. The molecule has 59 valence electrons. The van der Waals surface area contributed by atoms with Crippen molar-refractivity contribution in [1.29, 1.82) is 0 Å². The molecular weight excluding hydrogens is 150 g/mol. The van der Waals surface area contributed by atoms with E-state index in [-0.39, 0.29) is 5.75 Å². The van der Waals surface area contributed by atoms with Crippen LogP contribution >= 0.6 is 0 Å². The first-order chi connectivity index (χ1) is 5.86. The van der Waals surface area contributed by atoms with Crippen molar-refractivity contribution in [3.8, 4) is 11.4 Å². The van der Waals surface area contributed by atoms with E-state index in [0.29, 0.717) is 0 Å². The zero-order chi connectivity index (χ0) is 8.39. The van der Waals surface area contributed by atoms with E-state index in [0.717, 1.165) is 5.69 Å². The van der Waals surface area contributed by atoms with Crippen LogP contribution in [0.15, 0.2) is 48.8 Å². The largest absolute Gasteiger partial charge is 0.324 e. The Morgan fingerprint density at radius 2 is 1.75 bits per heavy atom. The van der Waals surface area contributed by atoms with Crippen molar-refractivity contribution in [3.63, 3.8) is 0 Å². The van der Waals surface area contributed by atoms with Gasteiger partial charge in [0.05, 0.1) is 0 Å². The quantitative estimate of drug-likeness (QED) is 0.609. The average molecular weight is 158 g/mol. The maximum Gasteiger partial charge on any atom is 0.180 e. The summed E-state index contributed by atoms with van der Waals surface area (Å²) in [5.41, 5.74) is 0.910. The zero-order valence-corrected chi connectivity index (χ0v) is 6.47. The van der Waals surface area contributed by atoms with E-state index in [1.54, 1.807) is 18.2 Å². The van der Waals surface area contributed by atoms with Crippen molar-refractivity contribution in [1.82, 2.24) is 4.57 Å². The molecule has 0 aliphatic rings. The van der Waals surface area contributed by atoms with Crippen molar-refractivity contribution in [2.24, 2.45) is 0 Å². The Labute approximate surface area is 70.7 Å². The average Bonchev–Trinajstić information content (AvgIpc) is 2.56. The number of hydrogen-bond acceptors (Lipinski definition) is 0. The maximum absolute atomic E-state index is 11.0. The summed E-state index contributed by atoms with van der Waals surface area (Å²) in [7, 11) is 0. The summed E-state index contributed by atoms with van der Waals surface area (Å²) in [5, 5.41) is 11.0. The van der Waals surface area contributed by atoms with E-state index in [1.165, 1.54) is 0 Å². The van der Waals surface area contributed by atoms with Gasteiger partial charge in [0.25, 0.3) is 0 Å². The van der Waals surface area contributed by atoms with Crippen LogP contribution in [-0.2, 0) is 5.11 Å². The predicted octanol–water partition coefficient (Wildman–Crippen LogP) is 2.62. The molecule has 2 nitrogen and oxygen atoms in total. The van der Waals surface area contributed by atoms with E-state index in [9.17, 15) is 5.11 Å². The molecule has 0 saturated carbocycles. The first-order valence-electron chi connectivity index (χ1n) is 3.77. The van der Waals surface area contributed by atoms with E-state index in [2.05, 4.69) is 0 Å². The minimum Gasteiger partial charge on any atom is -0.324 e. The van der Waals surface area contributed by atoms with E-state index < -0.39 is 0 Å². The smallest absolute Gasteiger partial charge is 0.180 e. The molecular formula is C10H8NO. The standard InChI is InChI=1S/C10H8NO/c12-10-5-3-4-9(8-10)11-6-1-2-7-11/h1-8H. The van der Waals surface area contributed by atoms with Crippen LogP contribution in [0.25, 0.3) is 5.69 Å². The fraction of sp³-hybridized carbons (Fsp3) is 0. The second kappa shape index (κ2) is 2.74. The van der Waals surface area contributed by atoms with Gasteiger partial charge in [0, 0.05) is 24.1 Å². The van der Waals surface area contributed by atoms with Crippen LogP contribution < -0.4 is 0 Å². The summed E-state index contributed by atoms with van der Waals surface area (Å²) in [4.78, 5) is 0. The molecule has 0 N–H and O–H groups in total. The third-order valence-corrected chi connectivity index (χ3v) is 1.72. The molecule has 0 saturated heterocycles. The summed E-state index contributed by atoms with van der Waals surface area (Å²) in [5.74, 6) is 0.0428. The molecule has 12 heavy (non-hydrogen) atoms. The summed E-state index contributed by atoms with van der Waals surface area (Å²) >= 11 is 0. The van der Waals surface area contributed by atoms with E-state index >= 15 is 0 Å². The lowest BCUT2D eigenvalue weighted by molar-refractivity contribution is 0.355. The molecule has 1 radical (unpaired) electrons. The third kappa shape index (κ3) is 1.19. The van der Waals surface area contributed by atoms with Gasteiger partial charge in [-0.25, -0.2) is 0 Å². The Balaban J connectivity index is 2.48. The lowest BCUT2D eigenvalue weighted by atomic mass is 10.3. The van der Waals surface area contributed by atoms with E-state index in [1.807, 2.05) is 35.2 Å². The summed E-state index contributed by atoms with van der Waals surface area (Å²) in [6.45, 7) is 0. The van der Waals surface area contributed by atoms with Crippen molar-refractivity contribution >= 4 is 0 Å². The highest BCUT2D eigenvalue weighted by atomic mass is 16.3. The number of aromatic nitrogens is 1. The molecule has 0 atom stereocenters. The fourth-order valence-electron chi connectivity index (χ4n) is 1.15. The number of hydrogen-bond donors (Lipinski definition) is 0. The summed E-state index contributed by atoms with van der Waals surface area (Å²) in [6.07, 6.45) is 3.82. The molecule has 0 amide bonds. The van der Waals surface area contributed by atoms with E-state index in [4.69, 9.17) is 0 Å². The second-order valence-electron chi connectivity index (χ2n) is 2.59. The molecule has 0 bridgehead atoms. The maximum atomic E-state index is 11.0. The van der Waals surface area contributed by atoms with Crippen LogP contribution in [0.5, 0.6) is 5.75 Å². The molecule has 1 heterocycles. The summed E-state index contributed by atoms with van der Waals surface area (Å²) < 4.78 is 1.90. The van der Waals surface area contributed by atoms with Crippen LogP contribution in [0.1, 0.15) is 0 Å². The highest BCUT2D eigenvalue weighted by molar-refractivity contribution is 5.38. The van der Waals surface area contributed by atoms with Gasteiger partial charge in [-0.3, -0.25) is 5.11 Å². The molecule has 0 aliphatic carbocycles. The molecule has 1 aromatic heterocycles. The topological polar surface area (TPSA) is 24.8 Å². The lowest BCUT2D eigenvalue weighted by Crippen LogP contribution is -1.87. The van der Waals surface area contributed by atoms with Gasteiger partial charge < -0.3 is 4.57 Å².